The van der Waals surface area contributed by atoms with E-state index < -0.39 is 0 Å². The Labute approximate surface area is 124 Å². The smallest absolute Gasteiger partial charge is 0.202 e. The van der Waals surface area contributed by atoms with Gasteiger partial charge in [-0.05, 0) is 25.3 Å². The van der Waals surface area contributed by atoms with E-state index in [1.165, 1.54) is 22.7 Å². The number of aromatic nitrogens is 2. The molecule has 5 heteroatoms. The van der Waals surface area contributed by atoms with Crippen LogP contribution in [0.4, 0.5) is 5.13 Å². The summed E-state index contributed by atoms with van der Waals surface area (Å²) in [6, 6.07) is 8.76. The summed E-state index contributed by atoms with van der Waals surface area (Å²) in [4.78, 5) is 4.51. The Morgan fingerprint density at radius 3 is 2.75 bits per heavy atom. The Balaban J connectivity index is 1.84. The average Bonchev–Trinajstić information content (AvgIpc) is 2.89. The van der Waals surface area contributed by atoms with Crippen molar-refractivity contribution in [3.05, 3.63) is 41.2 Å². The van der Waals surface area contributed by atoms with E-state index in [2.05, 4.69) is 52.8 Å². The van der Waals surface area contributed by atoms with Crippen molar-refractivity contribution in [3.63, 3.8) is 0 Å². The second-order valence-electron chi connectivity index (χ2n) is 5.06. The average molecular weight is 290 g/mol. The number of nitrogens with two attached hydrogens (primary N) is 1. The van der Waals surface area contributed by atoms with Crippen molar-refractivity contribution in [2.45, 2.75) is 39.2 Å². The molecule has 0 fully saturated rings. The van der Waals surface area contributed by atoms with Crippen molar-refractivity contribution in [1.82, 2.24) is 9.36 Å². The van der Waals surface area contributed by atoms with Gasteiger partial charge in [-0.3, -0.25) is 0 Å². The summed E-state index contributed by atoms with van der Waals surface area (Å²) in [6.07, 6.45) is 2.76. The number of nitrogens with zero attached hydrogens (tertiary/aromatic N) is 2. The fourth-order valence-electron chi connectivity index (χ4n) is 1.85. The van der Waals surface area contributed by atoms with Crippen molar-refractivity contribution in [2.75, 3.05) is 11.9 Å². The van der Waals surface area contributed by atoms with Crippen LogP contribution < -0.4 is 11.1 Å². The van der Waals surface area contributed by atoms with Gasteiger partial charge in [0.25, 0.3) is 0 Å². The monoisotopic (exact) mass is 290 g/mol. The number of hydrogen-bond donors (Lipinski definition) is 2. The van der Waals surface area contributed by atoms with E-state index >= 15 is 0 Å². The van der Waals surface area contributed by atoms with Gasteiger partial charge < -0.3 is 11.1 Å². The fourth-order valence-corrected chi connectivity index (χ4v) is 2.46. The summed E-state index contributed by atoms with van der Waals surface area (Å²) in [5.74, 6) is 0.876. The molecule has 0 aliphatic heterocycles. The second kappa shape index (κ2) is 7.36. The third kappa shape index (κ3) is 4.58. The Kier molecular flexibility index (Phi) is 5.49. The minimum atomic E-state index is 0.266. The number of benzene rings is 1. The maximum atomic E-state index is 5.88. The molecule has 0 aliphatic carbocycles. The largest absolute Gasteiger partial charge is 0.360 e. The van der Waals surface area contributed by atoms with Crippen molar-refractivity contribution in [1.29, 1.82) is 0 Å². The molecule has 1 aromatic heterocycles. The molecule has 0 radical (unpaired) electrons. The molecule has 0 saturated carbocycles. The van der Waals surface area contributed by atoms with Gasteiger partial charge in [0.15, 0.2) is 0 Å². The predicted octanol–water partition coefficient (Wildman–Crippen LogP) is 2.98. The minimum absolute atomic E-state index is 0.266. The summed E-state index contributed by atoms with van der Waals surface area (Å²) < 4.78 is 4.39. The number of aryl methyl sites for hydroxylation is 1. The van der Waals surface area contributed by atoms with Crippen molar-refractivity contribution in [2.24, 2.45) is 5.73 Å². The van der Waals surface area contributed by atoms with Crippen LogP contribution in [0.3, 0.4) is 0 Å². The van der Waals surface area contributed by atoms with Gasteiger partial charge in [-0.15, -0.1) is 0 Å². The number of nitrogens with one attached hydrogen (secondary N) is 1. The highest BCUT2D eigenvalue weighted by molar-refractivity contribution is 7.09. The standard InChI is InChI=1S/C15H22N4S/c1-3-13(16)8-9-17-15-18-14(19-20-15)10-12-6-4-11(2)5-7-12/h4-7,13H,3,8-10,16H2,1-2H3,(H,17,18,19). The molecule has 4 nitrogen and oxygen atoms in total. The third-order valence-corrected chi connectivity index (χ3v) is 3.98. The summed E-state index contributed by atoms with van der Waals surface area (Å²) in [6.45, 7) is 5.05. The zero-order chi connectivity index (χ0) is 14.4. The van der Waals surface area contributed by atoms with Crippen molar-refractivity contribution in [3.8, 4) is 0 Å². The quantitative estimate of drug-likeness (QED) is 0.823. The zero-order valence-corrected chi connectivity index (χ0v) is 12.9. The molecule has 2 aromatic rings. The molecule has 3 N–H and O–H groups in total. The molecular formula is C15H22N4S. The van der Waals surface area contributed by atoms with Crippen molar-refractivity contribution >= 4 is 16.7 Å². The SMILES string of the molecule is CCC(N)CCNc1nc(Cc2ccc(C)cc2)ns1. The van der Waals surface area contributed by atoms with Gasteiger partial charge in [0, 0.05) is 30.5 Å². The van der Waals surface area contributed by atoms with E-state index in [0.29, 0.717) is 0 Å². The van der Waals surface area contributed by atoms with E-state index in [4.69, 9.17) is 5.73 Å². The Morgan fingerprint density at radius 2 is 2.05 bits per heavy atom. The number of rotatable bonds is 7. The highest BCUT2D eigenvalue weighted by Crippen LogP contribution is 2.14. The van der Waals surface area contributed by atoms with Crippen LogP contribution in [0.2, 0.25) is 0 Å². The van der Waals surface area contributed by atoms with Crippen LogP contribution in [0, 0.1) is 6.92 Å². The van der Waals surface area contributed by atoms with Crippen LogP contribution in [0.15, 0.2) is 24.3 Å². The van der Waals surface area contributed by atoms with E-state index in [0.717, 1.165) is 36.8 Å². The molecular weight excluding hydrogens is 268 g/mol. The topological polar surface area (TPSA) is 63.8 Å². The fraction of sp³-hybridized carbons (Fsp3) is 0.467. The molecule has 1 unspecified atom stereocenters. The summed E-state index contributed by atoms with van der Waals surface area (Å²) in [7, 11) is 0. The van der Waals surface area contributed by atoms with Gasteiger partial charge in [0.1, 0.15) is 5.82 Å². The summed E-state index contributed by atoms with van der Waals surface area (Å²) in [5, 5.41) is 4.17. The van der Waals surface area contributed by atoms with Crippen LogP contribution >= 0.6 is 11.5 Å². The Bertz CT molecular complexity index is 521. The van der Waals surface area contributed by atoms with E-state index in [1.807, 2.05) is 0 Å². The normalized spacial score (nSPS) is 12.3. The summed E-state index contributed by atoms with van der Waals surface area (Å²) >= 11 is 1.42. The van der Waals surface area contributed by atoms with Crippen molar-refractivity contribution < 1.29 is 0 Å². The lowest BCUT2D eigenvalue weighted by Gasteiger charge is -2.07. The van der Waals surface area contributed by atoms with Gasteiger partial charge in [0.05, 0.1) is 0 Å². The minimum Gasteiger partial charge on any atom is -0.360 e. The van der Waals surface area contributed by atoms with Crippen LogP contribution in [0.5, 0.6) is 0 Å². The van der Waals surface area contributed by atoms with Gasteiger partial charge in [-0.2, -0.15) is 4.37 Å². The molecule has 20 heavy (non-hydrogen) atoms. The number of hydrogen-bond acceptors (Lipinski definition) is 5. The lowest BCUT2D eigenvalue weighted by Crippen LogP contribution is -2.22. The maximum Gasteiger partial charge on any atom is 0.202 e. The molecule has 1 aromatic carbocycles. The van der Waals surface area contributed by atoms with Crippen LogP contribution in [0.25, 0.3) is 0 Å². The molecule has 0 spiro atoms. The van der Waals surface area contributed by atoms with Crippen LogP contribution in [-0.4, -0.2) is 21.9 Å². The summed E-state index contributed by atoms with van der Waals surface area (Å²) in [5.41, 5.74) is 8.40. The van der Waals surface area contributed by atoms with Gasteiger partial charge in [-0.25, -0.2) is 4.98 Å². The Morgan fingerprint density at radius 1 is 1.30 bits per heavy atom. The van der Waals surface area contributed by atoms with E-state index in [9.17, 15) is 0 Å². The molecule has 0 aliphatic rings. The predicted molar refractivity (Wildman–Crippen MR) is 85.3 cm³/mol. The highest BCUT2D eigenvalue weighted by Gasteiger charge is 2.05. The van der Waals surface area contributed by atoms with Gasteiger partial charge >= 0.3 is 0 Å². The first-order chi connectivity index (χ1) is 9.67. The highest BCUT2D eigenvalue weighted by atomic mass is 32.1. The number of anilines is 1. The molecule has 1 atom stereocenters. The first-order valence-electron chi connectivity index (χ1n) is 7.05. The van der Waals surface area contributed by atoms with Crippen LogP contribution in [-0.2, 0) is 6.42 Å². The molecule has 1 heterocycles. The first kappa shape index (κ1) is 14.9. The van der Waals surface area contributed by atoms with Gasteiger partial charge in [-0.1, -0.05) is 36.8 Å². The molecule has 0 bridgehead atoms. The molecule has 2 rings (SSSR count). The lowest BCUT2D eigenvalue weighted by atomic mass is 10.1. The first-order valence-corrected chi connectivity index (χ1v) is 7.82. The third-order valence-electron chi connectivity index (χ3n) is 3.27. The van der Waals surface area contributed by atoms with E-state index in [1.54, 1.807) is 0 Å². The molecule has 0 amide bonds. The van der Waals surface area contributed by atoms with Crippen LogP contribution in [0.1, 0.15) is 36.7 Å². The molecule has 0 saturated heterocycles. The van der Waals surface area contributed by atoms with Gasteiger partial charge in [0.2, 0.25) is 5.13 Å². The zero-order valence-electron chi connectivity index (χ0n) is 12.1. The Hall–Kier alpha value is -1.46. The molecule has 108 valence electrons. The lowest BCUT2D eigenvalue weighted by molar-refractivity contribution is 0.613. The van der Waals surface area contributed by atoms with E-state index in [-0.39, 0.29) is 6.04 Å². The second-order valence-corrected chi connectivity index (χ2v) is 5.81. The maximum absolute atomic E-state index is 5.88.